The van der Waals surface area contributed by atoms with E-state index in [-0.39, 0.29) is 12.5 Å². The molecule has 0 aliphatic rings. The van der Waals surface area contributed by atoms with Crippen molar-refractivity contribution in [2.75, 3.05) is 24.2 Å². The second-order valence-corrected chi connectivity index (χ2v) is 3.94. The zero-order valence-corrected chi connectivity index (χ0v) is 9.41. The summed E-state index contributed by atoms with van der Waals surface area (Å²) in [6.45, 7) is 0.159. The standard InChI is InChI=1S/C9H12BrN3O/c1-13(5-9(12)14)8-3-2-6(10)4-7(8)11/h2-4H,5,11H2,1H3,(H2,12,14). The van der Waals surface area contributed by atoms with Crippen molar-refractivity contribution in [1.82, 2.24) is 0 Å². The van der Waals surface area contributed by atoms with Gasteiger partial charge in [0.15, 0.2) is 0 Å². The first kappa shape index (κ1) is 10.8. The number of amides is 1. The minimum Gasteiger partial charge on any atom is -0.397 e. The van der Waals surface area contributed by atoms with Crippen molar-refractivity contribution >= 4 is 33.2 Å². The summed E-state index contributed by atoms with van der Waals surface area (Å²) >= 11 is 3.31. The molecule has 1 rings (SSSR count). The average Bonchev–Trinajstić information content (AvgIpc) is 2.01. The molecule has 4 N–H and O–H groups in total. The van der Waals surface area contributed by atoms with E-state index >= 15 is 0 Å². The lowest BCUT2D eigenvalue weighted by Crippen LogP contribution is -2.30. The Morgan fingerprint density at radius 1 is 1.57 bits per heavy atom. The summed E-state index contributed by atoms with van der Waals surface area (Å²) < 4.78 is 0.909. The molecule has 0 aromatic heterocycles. The lowest BCUT2D eigenvalue weighted by Gasteiger charge is -2.19. The second-order valence-electron chi connectivity index (χ2n) is 3.03. The Morgan fingerprint density at radius 2 is 2.21 bits per heavy atom. The molecule has 1 aromatic carbocycles. The van der Waals surface area contributed by atoms with Crippen molar-refractivity contribution in [3.8, 4) is 0 Å². The summed E-state index contributed by atoms with van der Waals surface area (Å²) in [7, 11) is 1.77. The summed E-state index contributed by atoms with van der Waals surface area (Å²) in [4.78, 5) is 12.4. The van der Waals surface area contributed by atoms with Crippen LogP contribution in [0.4, 0.5) is 11.4 Å². The topological polar surface area (TPSA) is 72.3 Å². The van der Waals surface area contributed by atoms with E-state index in [1.807, 2.05) is 12.1 Å². The molecular formula is C9H12BrN3O. The molecule has 0 unspecified atom stereocenters. The van der Waals surface area contributed by atoms with Crippen LogP contribution in [0.1, 0.15) is 0 Å². The monoisotopic (exact) mass is 257 g/mol. The van der Waals surface area contributed by atoms with Crippen molar-refractivity contribution in [2.24, 2.45) is 5.73 Å². The molecule has 0 heterocycles. The number of nitrogens with zero attached hydrogens (tertiary/aromatic N) is 1. The quantitative estimate of drug-likeness (QED) is 0.793. The minimum absolute atomic E-state index is 0.159. The Bertz CT molecular complexity index is 354. The maximum atomic E-state index is 10.7. The molecule has 0 radical (unpaired) electrons. The van der Waals surface area contributed by atoms with Crippen molar-refractivity contribution in [3.05, 3.63) is 22.7 Å². The smallest absolute Gasteiger partial charge is 0.236 e. The number of primary amides is 1. The number of likely N-dealkylation sites (N-methyl/N-ethyl adjacent to an activating group) is 1. The van der Waals surface area contributed by atoms with Crippen LogP contribution in [-0.4, -0.2) is 19.5 Å². The normalized spacial score (nSPS) is 9.86. The molecule has 0 spiro atoms. The Kier molecular flexibility index (Phi) is 3.35. The van der Waals surface area contributed by atoms with Gasteiger partial charge in [-0.1, -0.05) is 15.9 Å². The fourth-order valence-corrected chi connectivity index (χ4v) is 1.57. The molecular weight excluding hydrogens is 246 g/mol. The molecule has 1 aromatic rings. The number of halogens is 1. The van der Waals surface area contributed by atoms with Gasteiger partial charge < -0.3 is 16.4 Å². The molecule has 4 nitrogen and oxygen atoms in total. The molecule has 0 aliphatic carbocycles. The van der Waals surface area contributed by atoms with E-state index in [4.69, 9.17) is 11.5 Å². The maximum Gasteiger partial charge on any atom is 0.236 e. The second kappa shape index (κ2) is 4.32. The molecule has 1 amide bonds. The fraction of sp³-hybridized carbons (Fsp3) is 0.222. The van der Waals surface area contributed by atoms with Gasteiger partial charge in [0, 0.05) is 11.5 Å². The van der Waals surface area contributed by atoms with Gasteiger partial charge in [-0.2, -0.15) is 0 Å². The van der Waals surface area contributed by atoms with E-state index < -0.39 is 0 Å². The largest absolute Gasteiger partial charge is 0.397 e. The Labute approximate surface area is 91.0 Å². The van der Waals surface area contributed by atoms with E-state index in [9.17, 15) is 4.79 Å². The third kappa shape index (κ3) is 2.63. The summed E-state index contributed by atoms with van der Waals surface area (Å²) in [6, 6.07) is 5.48. The zero-order valence-electron chi connectivity index (χ0n) is 7.83. The number of benzene rings is 1. The van der Waals surface area contributed by atoms with Gasteiger partial charge in [0.1, 0.15) is 0 Å². The molecule has 76 valence electrons. The zero-order chi connectivity index (χ0) is 10.7. The number of anilines is 2. The number of hydrogen-bond acceptors (Lipinski definition) is 3. The number of rotatable bonds is 3. The Hall–Kier alpha value is -1.23. The van der Waals surface area contributed by atoms with Gasteiger partial charge in [-0.15, -0.1) is 0 Å². The molecule has 0 saturated carbocycles. The first-order chi connectivity index (χ1) is 6.50. The van der Waals surface area contributed by atoms with Crippen LogP contribution in [0.25, 0.3) is 0 Å². The summed E-state index contributed by atoms with van der Waals surface area (Å²) in [5, 5.41) is 0. The summed E-state index contributed by atoms with van der Waals surface area (Å²) in [6.07, 6.45) is 0. The van der Waals surface area contributed by atoms with Crippen LogP contribution in [-0.2, 0) is 4.79 Å². The fourth-order valence-electron chi connectivity index (χ4n) is 1.19. The molecule has 0 aliphatic heterocycles. The predicted molar refractivity (Wildman–Crippen MR) is 61.0 cm³/mol. The van der Waals surface area contributed by atoms with Gasteiger partial charge in [0.25, 0.3) is 0 Å². The van der Waals surface area contributed by atoms with Crippen LogP contribution < -0.4 is 16.4 Å². The van der Waals surface area contributed by atoms with Crippen LogP contribution in [0.3, 0.4) is 0 Å². The van der Waals surface area contributed by atoms with Crippen molar-refractivity contribution in [2.45, 2.75) is 0 Å². The third-order valence-electron chi connectivity index (χ3n) is 1.79. The Morgan fingerprint density at radius 3 is 2.71 bits per heavy atom. The number of nitrogen functional groups attached to an aromatic ring is 1. The first-order valence-corrected chi connectivity index (χ1v) is 4.84. The van der Waals surface area contributed by atoms with Crippen LogP contribution in [0.2, 0.25) is 0 Å². The van der Waals surface area contributed by atoms with Crippen molar-refractivity contribution < 1.29 is 4.79 Å². The average molecular weight is 258 g/mol. The third-order valence-corrected chi connectivity index (χ3v) is 2.29. The van der Waals surface area contributed by atoms with Crippen molar-refractivity contribution in [3.63, 3.8) is 0 Å². The van der Waals surface area contributed by atoms with E-state index in [0.29, 0.717) is 5.69 Å². The number of carbonyl (C=O) groups is 1. The first-order valence-electron chi connectivity index (χ1n) is 4.05. The van der Waals surface area contributed by atoms with E-state index in [0.717, 1.165) is 10.2 Å². The van der Waals surface area contributed by atoms with Gasteiger partial charge >= 0.3 is 0 Å². The highest BCUT2D eigenvalue weighted by molar-refractivity contribution is 9.10. The van der Waals surface area contributed by atoms with Crippen LogP contribution >= 0.6 is 15.9 Å². The van der Waals surface area contributed by atoms with Crippen molar-refractivity contribution in [1.29, 1.82) is 0 Å². The lowest BCUT2D eigenvalue weighted by molar-refractivity contribution is -0.116. The number of hydrogen-bond donors (Lipinski definition) is 2. The lowest BCUT2D eigenvalue weighted by atomic mass is 10.2. The number of nitrogens with two attached hydrogens (primary N) is 2. The molecule has 0 fully saturated rings. The molecule has 0 atom stereocenters. The highest BCUT2D eigenvalue weighted by atomic mass is 79.9. The SMILES string of the molecule is CN(CC(N)=O)c1ccc(Br)cc1N. The van der Waals surface area contributed by atoms with Gasteiger partial charge in [-0.3, -0.25) is 4.79 Å². The number of carbonyl (C=O) groups excluding carboxylic acids is 1. The van der Waals surface area contributed by atoms with Gasteiger partial charge in [0.2, 0.25) is 5.91 Å². The van der Waals surface area contributed by atoms with E-state index in [2.05, 4.69) is 15.9 Å². The van der Waals surface area contributed by atoms with Crippen LogP contribution in [0.15, 0.2) is 22.7 Å². The van der Waals surface area contributed by atoms with E-state index in [1.54, 1.807) is 18.0 Å². The molecule has 5 heteroatoms. The maximum absolute atomic E-state index is 10.7. The molecule has 14 heavy (non-hydrogen) atoms. The molecule has 0 saturated heterocycles. The minimum atomic E-state index is -0.380. The van der Waals surface area contributed by atoms with E-state index in [1.165, 1.54) is 0 Å². The van der Waals surface area contributed by atoms with Crippen LogP contribution in [0.5, 0.6) is 0 Å². The van der Waals surface area contributed by atoms with Gasteiger partial charge in [-0.25, -0.2) is 0 Å². The summed E-state index contributed by atoms with van der Waals surface area (Å²) in [5.74, 6) is -0.380. The predicted octanol–water partition coefficient (Wildman–Crippen LogP) is 0.953. The Balaban J connectivity index is 2.90. The summed E-state index contributed by atoms with van der Waals surface area (Å²) in [5.41, 5.74) is 12.3. The highest BCUT2D eigenvalue weighted by Gasteiger charge is 2.07. The van der Waals surface area contributed by atoms with Gasteiger partial charge in [0.05, 0.1) is 17.9 Å². The van der Waals surface area contributed by atoms with Crippen LogP contribution in [0, 0.1) is 0 Å². The van der Waals surface area contributed by atoms with Gasteiger partial charge in [-0.05, 0) is 18.2 Å². The molecule has 0 bridgehead atoms. The highest BCUT2D eigenvalue weighted by Crippen LogP contribution is 2.25.